The van der Waals surface area contributed by atoms with Crippen molar-refractivity contribution in [3.63, 3.8) is 0 Å². The van der Waals surface area contributed by atoms with E-state index >= 15 is 0 Å². The van der Waals surface area contributed by atoms with Gasteiger partial charge in [0.1, 0.15) is 5.52 Å². The molecular formula is C26H28N6O2. The van der Waals surface area contributed by atoms with Crippen LogP contribution in [0.4, 0.5) is 5.82 Å². The van der Waals surface area contributed by atoms with Crippen molar-refractivity contribution >= 4 is 22.6 Å². The second-order valence-electron chi connectivity index (χ2n) is 8.39. The standard InChI is InChI=1S/C26H28N6O2/c1-5-20(27-17(2)3)23-16-22-24(34-23)25(31-11-13-33-14-12-31)29-26(28-22)32-10-9-21(30-32)19-8-6-7-18(4)15-19/h5-10,15-16,27H,2,11-14H2,1,3-4H3/b20-5-. The third-order valence-corrected chi connectivity index (χ3v) is 5.66. The van der Waals surface area contributed by atoms with Crippen molar-refractivity contribution in [2.45, 2.75) is 20.8 Å². The van der Waals surface area contributed by atoms with Gasteiger partial charge in [-0.15, -0.1) is 0 Å². The number of anilines is 1. The number of furan rings is 1. The van der Waals surface area contributed by atoms with Crippen LogP contribution in [0, 0.1) is 6.92 Å². The van der Waals surface area contributed by atoms with Crippen LogP contribution in [-0.2, 0) is 4.74 Å². The predicted octanol–water partition coefficient (Wildman–Crippen LogP) is 4.70. The average molecular weight is 457 g/mol. The lowest BCUT2D eigenvalue weighted by Crippen LogP contribution is -2.37. The van der Waals surface area contributed by atoms with Crippen molar-refractivity contribution < 1.29 is 9.15 Å². The molecule has 1 fully saturated rings. The Hall–Kier alpha value is -3.91. The highest BCUT2D eigenvalue weighted by molar-refractivity contribution is 5.87. The van der Waals surface area contributed by atoms with E-state index in [9.17, 15) is 0 Å². The summed E-state index contributed by atoms with van der Waals surface area (Å²) >= 11 is 0. The second-order valence-corrected chi connectivity index (χ2v) is 8.39. The number of fused-ring (bicyclic) bond motifs is 1. The van der Waals surface area contributed by atoms with Crippen molar-refractivity contribution in [2.24, 2.45) is 0 Å². The Morgan fingerprint density at radius 2 is 1.97 bits per heavy atom. The van der Waals surface area contributed by atoms with E-state index in [2.05, 4.69) is 41.9 Å². The maximum atomic E-state index is 6.28. The summed E-state index contributed by atoms with van der Waals surface area (Å²) in [5.41, 5.74) is 6.15. The Morgan fingerprint density at radius 1 is 1.15 bits per heavy atom. The van der Waals surface area contributed by atoms with Gasteiger partial charge in [0.2, 0.25) is 0 Å². The molecule has 1 aliphatic rings. The van der Waals surface area contributed by atoms with Crippen LogP contribution < -0.4 is 10.2 Å². The third-order valence-electron chi connectivity index (χ3n) is 5.66. The predicted molar refractivity (Wildman–Crippen MR) is 134 cm³/mol. The molecule has 4 aromatic rings. The van der Waals surface area contributed by atoms with Crippen LogP contribution in [0.1, 0.15) is 25.2 Å². The van der Waals surface area contributed by atoms with Crippen molar-refractivity contribution in [3.05, 3.63) is 72.3 Å². The van der Waals surface area contributed by atoms with Gasteiger partial charge in [-0.05, 0) is 32.9 Å². The Morgan fingerprint density at radius 3 is 2.71 bits per heavy atom. The van der Waals surface area contributed by atoms with Crippen LogP contribution >= 0.6 is 0 Å². The molecule has 3 aromatic heterocycles. The summed E-state index contributed by atoms with van der Waals surface area (Å²) in [6, 6.07) is 12.2. The Bertz CT molecular complexity index is 1380. The number of nitrogens with one attached hydrogen (secondary N) is 1. The summed E-state index contributed by atoms with van der Waals surface area (Å²) < 4.78 is 13.5. The van der Waals surface area contributed by atoms with Crippen molar-refractivity contribution in [3.8, 4) is 17.2 Å². The Kier molecular flexibility index (Phi) is 5.90. The van der Waals surface area contributed by atoms with E-state index in [1.54, 1.807) is 4.68 Å². The highest BCUT2D eigenvalue weighted by atomic mass is 16.5. The fraction of sp³-hybridized carbons (Fsp3) is 0.269. The number of morpholine rings is 1. The van der Waals surface area contributed by atoms with E-state index in [0.29, 0.717) is 30.5 Å². The fourth-order valence-electron chi connectivity index (χ4n) is 4.03. The highest BCUT2D eigenvalue weighted by Crippen LogP contribution is 2.31. The molecule has 8 heteroatoms. The van der Waals surface area contributed by atoms with E-state index in [4.69, 9.17) is 24.2 Å². The average Bonchev–Trinajstić information content (AvgIpc) is 3.50. The first-order valence-corrected chi connectivity index (χ1v) is 11.4. The van der Waals surface area contributed by atoms with Crippen LogP contribution in [0.5, 0.6) is 0 Å². The molecule has 1 N–H and O–H groups in total. The first-order chi connectivity index (χ1) is 16.5. The number of hydrogen-bond donors (Lipinski definition) is 1. The molecule has 0 bridgehead atoms. The number of rotatable bonds is 6. The second kappa shape index (κ2) is 9.15. The molecular weight excluding hydrogens is 428 g/mol. The van der Waals surface area contributed by atoms with Gasteiger partial charge in [0.05, 0.1) is 24.6 Å². The number of benzene rings is 1. The molecule has 0 saturated carbocycles. The largest absolute Gasteiger partial charge is 0.449 e. The zero-order valence-electron chi connectivity index (χ0n) is 19.7. The minimum Gasteiger partial charge on any atom is -0.449 e. The van der Waals surface area contributed by atoms with Gasteiger partial charge in [-0.1, -0.05) is 36.4 Å². The van der Waals surface area contributed by atoms with E-state index in [1.165, 1.54) is 5.56 Å². The summed E-state index contributed by atoms with van der Waals surface area (Å²) in [7, 11) is 0. The molecule has 0 aliphatic carbocycles. The molecule has 0 amide bonds. The summed E-state index contributed by atoms with van der Waals surface area (Å²) in [4.78, 5) is 11.9. The van der Waals surface area contributed by atoms with E-state index in [1.807, 2.05) is 44.3 Å². The zero-order valence-corrected chi connectivity index (χ0v) is 19.7. The number of aromatic nitrogens is 4. The zero-order chi connectivity index (χ0) is 23.7. The monoisotopic (exact) mass is 456 g/mol. The van der Waals surface area contributed by atoms with Crippen LogP contribution in [-0.4, -0.2) is 46.1 Å². The van der Waals surface area contributed by atoms with Gasteiger partial charge in [-0.2, -0.15) is 10.1 Å². The van der Waals surface area contributed by atoms with E-state index in [-0.39, 0.29) is 0 Å². The number of ether oxygens (including phenoxy) is 1. The van der Waals surface area contributed by atoms with Gasteiger partial charge in [0.15, 0.2) is 17.2 Å². The molecule has 4 heterocycles. The van der Waals surface area contributed by atoms with Gasteiger partial charge >= 0.3 is 0 Å². The SMILES string of the molecule is C=C(C)N/C(=C\C)c1cc2nc(-n3ccc(-c4cccc(C)c4)n3)nc(N3CCOCC3)c2o1. The van der Waals surface area contributed by atoms with Crippen molar-refractivity contribution in [1.29, 1.82) is 0 Å². The molecule has 0 spiro atoms. The van der Waals surface area contributed by atoms with Crippen LogP contribution in [0.2, 0.25) is 0 Å². The normalized spacial score (nSPS) is 14.6. The minimum absolute atomic E-state index is 0.495. The van der Waals surface area contributed by atoms with E-state index in [0.717, 1.165) is 47.1 Å². The molecule has 0 unspecified atom stereocenters. The summed E-state index contributed by atoms with van der Waals surface area (Å²) in [5, 5.41) is 8.02. The third kappa shape index (κ3) is 4.32. The molecule has 1 aromatic carbocycles. The summed E-state index contributed by atoms with van der Waals surface area (Å²) in [5.74, 6) is 1.92. The van der Waals surface area contributed by atoms with E-state index < -0.39 is 0 Å². The Balaban J connectivity index is 1.60. The lowest BCUT2D eigenvalue weighted by atomic mass is 10.1. The molecule has 0 atom stereocenters. The van der Waals surface area contributed by atoms with Crippen LogP contribution in [0.3, 0.4) is 0 Å². The van der Waals surface area contributed by atoms with Crippen molar-refractivity contribution in [2.75, 3.05) is 31.2 Å². The van der Waals surface area contributed by atoms with Gasteiger partial charge in [-0.25, -0.2) is 9.67 Å². The Labute approximate surface area is 198 Å². The molecule has 1 saturated heterocycles. The molecule has 5 rings (SSSR count). The van der Waals surface area contributed by atoms with Crippen molar-refractivity contribution in [1.82, 2.24) is 25.1 Å². The number of nitrogens with zero attached hydrogens (tertiary/aromatic N) is 5. The lowest BCUT2D eigenvalue weighted by molar-refractivity contribution is 0.122. The maximum Gasteiger partial charge on any atom is 0.253 e. The van der Waals surface area contributed by atoms with Gasteiger partial charge < -0.3 is 19.4 Å². The smallest absolute Gasteiger partial charge is 0.253 e. The summed E-state index contributed by atoms with van der Waals surface area (Å²) in [6.07, 6.45) is 3.85. The minimum atomic E-state index is 0.495. The summed E-state index contributed by atoms with van der Waals surface area (Å²) in [6.45, 7) is 12.6. The van der Waals surface area contributed by atoms with Gasteiger partial charge in [-0.3, -0.25) is 0 Å². The molecule has 8 nitrogen and oxygen atoms in total. The quantitative estimate of drug-likeness (QED) is 0.450. The van der Waals surface area contributed by atoms with Gasteiger partial charge in [0, 0.05) is 36.6 Å². The molecule has 1 aliphatic heterocycles. The molecule has 34 heavy (non-hydrogen) atoms. The van der Waals surface area contributed by atoms with Gasteiger partial charge in [0.25, 0.3) is 5.95 Å². The first kappa shape index (κ1) is 21.9. The van der Waals surface area contributed by atoms with Crippen LogP contribution in [0.15, 0.2) is 65.4 Å². The number of aryl methyl sites for hydroxylation is 1. The molecule has 174 valence electrons. The topological polar surface area (TPSA) is 81.2 Å². The highest BCUT2D eigenvalue weighted by Gasteiger charge is 2.22. The lowest BCUT2D eigenvalue weighted by Gasteiger charge is -2.27. The fourth-order valence-corrected chi connectivity index (χ4v) is 4.03. The maximum absolute atomic E-state index is 6.28. The first-order valence-electron chi connectivity index (χ1n) is 11.4. The number of allylic oxidation sites excluding steroid dienone is 2. The number of hydrogen-bond acceptors (Lipinski definition) is 7. The van der Waals surface area contributed by atoms with Crippen LogP contribution in [0.25, 0.3) is 34.0 Å². The molecule has 0 radical (unpaired) electrons.